The third-order valence-electron chi connectivity index (χ3n) is 5.92. The van der Waals surface area contributed by atoms with Gasteiger partial charge in [-0.3, -0.25) is 14.6 Å². The lowest BCUT2D eigenvalue weighted by Gasteiger charge is -2.36. The average molecular weight is 462 g/mol. The Bertz CT molecular complexity index is 1120. The van der Waals surface area contributed by atoms with Crippen LogP contribution in [0.15, 0.2) is 67.0 Å². The van der Waals surface area contributed by atoms with Crippen molar-refractivity contribution in [2.24, 2.45) is 0 Å². The number of carbonyl (C=O) groups is 2. The molecule has 2 amide bonds. The number of amides is 2. The first-order valence-electron chi connectivity index (χ1n) is 11.4. The summed E-state index contributed by atoms with van der Waals surface area (Å²) in [5, 5.41) is 0. The van der Waals surface area contributed by atoms with Crippen LogP contribution in [0, 0.1) is 12.7 Å². The van der Waals surface area contributed by atoms with Gasteiger partial charge in [-0.1, -0.05) is 42.5 Å². The highest BCUT2D eigenvalue weighted by Gasteiger charge is 2.24. The summed E-state index contributed by atoms with van der Waals surface area (Å²) < 4.78 is 14.1. The Balaban J connectivity index is 1.37. The molecule has 1 aliphatic heterocycles. The molecule has 8 heteroatoms. The van der Waals surface area contributed by atoms with Crippen LogP contribution in [-0.2, 0) is 11.3 Å². The number of hydrogen-bond acceptors (Lipinski definition) is 5. The van der Waals surface area contributed by atoms with E-state index in [2.05, 4.69) is 9.97 Å². The van der Waals surface area contributed by atoms with Crippen molar-refractivity contribution in [3.63, 3.8) is 0 Å². The molecular formula is C26H28FN5O2. The van der Waals surface area contributed by atoms with Gasteiger partial charge in [0.15, 0.2) is 0 Å². The molecule has 1 aromatic heterocycles. The van der Waals surface area contributed by atoms with Gasteiger partial charge in [-0.05, 0) is 24.6 Å². The van der Waals surface area contributed by atoms with Gasteiger partial charge >= 0.3 is 0 Å². The number of carbonyl (C=O) groups excluding carboxylic acids is 2. The van der Waals surface area contributed by atoms with E-state index in [1.807, 2.05) is 48.2 Å². The average Bonchev–Trinajstić information content (AvgIpc) is 2.87. The fraction of sp³-hybridized carbons (Fsp3) is 0.308. The van der Waals surface area contributed by atoms with Crippen LogP contribution < -0.4 is 4.90 Å². The summed E-state index contributed by atoms with van der Waals surface area (Å²) in [6, 6.07) is 16.3. The second-order valence-electron chi connectivity index (χ2n) is 8.32. The monoisotopic (exact) mass is 461 g/mol. The zero-order valence-electron chi connectivity index (χ0n) is 19.2. The van der Waals surface area contributed by atoms with E-state index >= 15 is 0 Å². The molecule has 0 radical (unpaired) electrons. The van der Waals surface area contributed by atoms with E-state index in [0.29, 0.717) is 38.4 Å². The Kier molecular flexibility index (Phi) is 7.47. The molecule has 0 atom stereocenters. The molecule has 0 spiro atoms. The second-order valence-corrected chi connectivity index (χ2v) is 8.32. The number of halogens is 1. The van der Waals surface area contributed by atoms with Gasteiger partial charge in [0.05, 0.1) is 17.6 Å². The maximum atomic E-state index is 14.1. The number of benzene rings is 2. The van der Waals surface area contributed by atoms with Crippen LogP contribution in [0.25, 0.3) is 0 Å². The lowest BCUT2D eigenvalue weighted by atomic mass is 10.2. The molecule has 0 saturated carbocycles. The van der Waals surface area contributed by atoms with Crippen molar-refractivity contribution >= 4 is 17.5 Å². The molecule has 34 heavy (non-hydrogen) atoms. The van der Waals surface area contributed by atoms with E-state index < -0.39 is 0 Å². The summed E-state index contributed by atoms with van der Waals surface area (Å²) in [4.78, 5) is 39.9. The van der Waals surface area contributed by atoms with Gasteiger partial charge in [0.25, 0.3) is 5.91 Å². The Morgan fingerprint density at radius 1 is 0.941 bits per heavy atom. The molecule has 1 fully saturated rings. The van der Waals surface area contributed by atoms with Crippen LogP contribution in [0.3, 0.4) is 0 Å². The van der Waals surface area contributed by atoms with Crippen LogP contribution >= 0.6 is 0 Å². The second kappa shape index (κ2) is 10.9. The first kappa shape index (κ1) is 23.4. The number of aryl methyl sites for hydroxylation is 1. The number of piperazine rings is 1. The minimum atomic E-state index is -0.256. The summed E-state index contributed by atoms with van der Waals surface area (Å²) in [5.74, 6) is -0.529. The third kappa shape index (κ3) is 5.75. The van der Waals surface area contributed by atoms with Gasteiger partial charge in [0, 0.05) is 51.9 Å². The topological polar surface area (TPSA) is 69.6 Å². The van der Waals surface area contributed by atoms with Crippen molar-refractivity contribution in [2.45, 2.75) is 19.9 Å². The van der Waals surface area contributed by atoms with Crippen molar-refractivity contribution in [3.8, 4) is 0 Å². The Labute approximate surface area is 198 Å². The molecule has 7 nitrogen and oxygen atoms in total. The molecule has 0 aliphatic carbocycles. The predicted octanol–water partition coefficient (Wildman–Crippen LogP) is 3.31. The van der Waals surface area contributed by atoms with Crippen LogP contribution in [0.5, 0.6) is 0 Å². The number of hydrogen-bond donors (Lipinski definition) is 0. The molecule has 2 heterocycles. The SMILES string of the molecule is Cc1cnc(C(=O)N(CCC(=O)N2CCN(c3ccccc3F)CC2)Cc2ccccc2)cn1. The fourth-order valence-electron chi connectivity index (χ4n) is 4.01. The van der Waals surface area contributed by atoms with Crippen LogP contribution in [0.2, 0.25) is 0 Å². The lowest BCUT2D eigenvalue weighted by Crippen LogP contribution is -2.49. The molecule has 1 aliphatic rings. The smallest absolute Gasteiger partial charge is 0.274 e. The maximum Gasteiger partial charge on any atom is 0.274 e. The number of rotatable bonds is 7. The van der Waals surface area contributed by atoms with Crippen molar-refractivity contribution in [3.05, 3.63) is 89.8 Å². The molecule has 0 N–H and O–H groups in total. The van der Waals surface area contributed by atoms with Gasteiger partial charge in [-0.25, -0.2) is 9.37 Å². The van der Waals surface area contributed by atoms with Crippen LogP contribution in [0.1, 0.15) is 28.2 Å². The maximum absolute atomic E-state index is 14.1. The van der Waals surface area contributed by atoms with Crippen LogP contribution in [0.4, 0.5) is 10.1 Å². The van der Waals surface area contributed by atoms with E-state index in [4.69, 9.17) is 0 Å². The Hall–Kier alpha value is -3.81. The number of para-hydroxylation sites is 1. The Morgan fingerprint density at radius 2 is 1.65 bits per heavy atom. The lowest BCUT2D eigenvalue weighted by molar-refractivity contribution is -0.131. The third-order valence-corrected chi connectivity index (χ3v) is 5.92. The zero-order chi connectivity index (χ0) is 23.9. The number of aromatic nitrogens is 2. The fourth-order valence-corrected chi connectivity index (χ4v) is 4.01. The van der Waals surface area contributed by atoms with Crippen LogP contribution in [-0.4, -0.2) is 64.3 Å². The van der Waals surface area contributed by atoms with Crippen molar-refractivity contribution in [1.29, 1.82) is 0 Å². The highest BCUT2D eigenvalue weighted by Crippen LogP contribution is 2.20. The van der Waals surface area contributed by atoms with E-state index in [1.54, 1.807) is 28.1 Å². The van der Waals surface area contributed by atoms with Crippen molar-refractivity contribution in [1.82, 2.24) is 19.8 Å². The van der Waals surface area contributed by atoms with Crippen molar-refractivity contribution < 1.29 is 14.0 Å². The number of nitrogens with zero attached hydrogens (tertiary/aromatic N) is 5. The summed E-state index contributed by atoms with van der Waals surface area (Å²) in [6.45, 7) is 4.63. The summed E-state index contributed by atoms with van der Waals surface area (Å²) in [7, 11) is 0. The molecule has 0 unspecified atom stereocenters. The number of anilines is 1. The molecule has 0 bridgehead atoms. The molecule has 1 saturated heterocycles. The van der Waals surface area contributed by atoms with Gasteiger partial charge in [-0.15, -0.1) is 0 Å². The standard InChI is InChI=1S/C26H28FN5O2/c1-20-17-29-23(18-28-20)26(34)32(19-21-7-3-2-4-8-21)12-11-25(33)31-15-13-30(14-16-31)24-10-6-5-9-22(24)27/h2-10,17-18H,11-16,19H2,1H3. The summed E-state index contributed by atoms with van der Waals surface area (Å²) >= 11 is 0. The normalized spacial score (nSPS) is 13.6. The van der Waals surface area contributed by atoms with E-state index in [9.17, 15) is 14.0 Å². The van der Waals surface area contributed by atoms with Gasteiger partial charge in [0.2, 0.25) is 5.91 Å². The molecule has 176 valence electrons. The molecular weight excluding hydrogens is 433 g/mol. The van der Waals surface area contributed by atoms with E-state index in [-0.39, 0.29) is 36.3 Å². The van der Waals surface area contributed by atoms with Crippen molar-refractivity contribution in [2.75, 3.05) is 37.6 Å². The highest BCUT2D eigenvalue weighted by molar-refractivity contribution is 5.92. The van der Waals surface area contributed by atoms with Gasteiger partial charge in [-0.2, -0.15) is 0 Å². The first-order chi connectivity index (χ1) is 16.5. The first-order valence-corrected chi connectivity index (χ1v) is 11.4. The molecule has 4 rings (SSSR count). The zero-order valence-corrected chi connectivity index (χ0v) is 19.2. The predicted molar refractivity (Wildman–Crippen MR) is 128 cm³/mol. The summed E-state index contributed by atoms with van der Waals surface area (Å²) in [6.07, 6.45) is 3.24. The summed E-state index contributed by atoms with van der Waals surface area (Å²) in [5.41, 5.74) is 2.53. The van der Waals surface area contributed by atoms with E-state index in [0.717, 1.165) is 11.3 Å². The molecule has 2 aromatic carbocycles. The quantitative estimate of drug-likeness (QED) is 0.540. The van der Waals surface area contributed by atoms with E-state index in [1.165, 1.54) is 12.3 Å². The minimum Gasteiger partial charge on any atom is -0.366 e. The highest BCUT2D eigenvalue weighted by atomic mass is 19.1. The minimum absolute atomic E-state index is 0.0194. The van der Waals surface area contributed by atoms with Gasteiger partial charge < -0.3 is 14.7 Å². The largest absolute Gasteiger partial charge is 0.366 e. The van der Waals surface area contributed by atoms with Gasteiger partial charge in [0.1, 0.15) is 11.5 Å². The Morgan fingerprint density at radius 3 is 2.32 bits per heavy atom. The molecule has 3 aromatic rings.